The maximum atomic E-state index is 13.5. The van der Waals surface area contributed by atoms with Crippen molar-refractivity contribution in [1.29, 1.82) is 0 Å². The SMILES string of the molecule is COc1ccc(Cl)c2sc(N(CCN3CCOCC3)C(=O)Cc3ccc(SC(C)C)cc3)nc12. The van der Waals surface area contributed by atoms with Gasteiger partial charge in [-0.2, -0.15) is 0 Å². The van der Waals surface area contributed by atoms with E-state index in [1.54, 1.807) is 18.1 Å². The van der Waals surface area contributed by atoms with Crippen molar-refractivity contribution in [2.75, 3.05) is 51.4 Å². The summed E-state index contributed by atoms with van der Waals surface area (Å²) in [5.41, 5.74) is 1.68. The molecule has 9 heteroatoms. The van der Waals surface area contributed by atoms with E-state index in [0.29, 0.717) is 39.6 Å². The topological polar surface area (TPSA) is 54.9 Å². The van der Waals surface area contributed by atoms with Crippen molar-refractivity contribution in [3.05, 3.63) is 47.0 Å². The Kier molecular flexibility index (Phi) is 8.71. The molecule has 6 nitrogen and oxygen atoms in total. The van der Waals surface area contributed by atoms with Crippen LogP contribution in [0.3, 0.4) is 0 Å². The number of amides is 1. The summed E-state index contributed by atoms with van der Waals surface area (Å²) >= 11 is 9.70. The average Bonchev–Trinajstić information content (AvgIpc) is 3.27. The molecule has 1 saturated heterocycles. The van der Waals surface area contributed by atoms with E-state index < -0.39 is 0 Å². The van der Waals surface area contributed by atoms with Gasteiger partial charge in [0.05, 0.1) is 36.5 Å². The van der Waals surface area contributed by atoms with Gasteiger partial charge in [0.15, 0.2) is 5.13 Å². The molecule has 2 heterocycles. The van der Waals surface area contributed by atoms with E-state index in [2.05, 4.69) is 30.9 Å². The van der Waals surface area contributed by atoms with Gasteiger partial charge >= 0.3 is 0 Å². The minimum Gasteiger partial charge on any atom is -0.494 e. The molecule has 0 radical (unpaired) electrons. The van der Waals surface area contributed by atoms with E-state index in [1.165, 1.54) is 16.2 Å². The molecule has 4 rings (SSSR count). The molecule has 1 aromatic heterocycles. The molecule has 182 valence electrons. The molecule has 0 spiro atoms. The van der Waals surface area contributed by atoms with Crippen LogP contribution >= 0.6 is 34.7 Å². The molecule has 2 aromatic carbocycles. The smallest absolute Gasteiger partial charge is 0.233 e. The molecular formula is C25H30ClN3O3S2. The van der Waals surface area contributed by atoms with Gasteiger partial charge in [-0.05, 0) is 29.8 Å². The molecule has 1 fully saturated rings. The van der Waals surface area contributed by atoms with Crippen molar-refractivity contribution < 1.29 is 14.3 Å². The quantitative estimate of drug-likeness (QED) is 0.354. The minimum atomic E-state index is 0.0201. The predicted octanol–water partition coefficient (Wildman–Crippen LogP) is 5.37. The lowest BCUT2D eigenvalue weighted by molar-refractivity contribution is -0.118. The number of ether oxygens (including phenoxy) is 2. The van der Waals surface area contributed by atoms with Gasteiger partial charge < -0.3 is 9.47 Å². The van der Waals surface area contributed by atoms with Gasteiger partial charge in [0.25, 0.3) is 0 Å². The standard InChI is InChI=1S/C25H30ClN3O3S2/c1-17(2)33-19-6-4-18(5-7-19)16-22(30)29(11-10-28-12-14-32-15-13-28)25-27-23-21(31-3)9-8-20(26)24(23)34-25/h4-9,17H,10-16H2,1-3H3. The molecule has 0 saturated carbocycles. The third-order valence-corrected chi connectivity index (χ3v) is 8.15. The number of nitrogens with zero attached hydrogens (tertiary/aromatic N) is 3. The van der Waals surface area contributed by atoms with Crippen LogP contribution < -0.4 is 9.64 Å². The average molecular weight is 520 g/mol. The number of hydrogen-bond donors (Lipinski definition) is 0. The predicted molar refractivity (Wildman–Crippen MR) is 142 cm³/mol. The molecule has 0 aliphatic carbocycles. The lowest BCUT2D eigenvalue weighted by Crippen LogP contribution is -2.43. The Morgan fingerprint density at radius 1 is 1.24 bits per heavy atom. The number of fused-ring (bicyclic) bond motifs is 1. The second-order valence-corrected chi connectivity index (χ2v) is 11.4. The Hall–Kier alpha value is -1.84. The Bertz CT molecular complexity index is 1110. The summed E-state index contributed by atoms with van der Waals surface area (Å²) in [5, 5.41) is 1.77. The number of carbonyl (C=O) groups is 1. The van der Waals surface area contributed by atoms with Gasteiger partial charge in [-0.25, -0.2) is 4.98 Å². The Morgan fingerprint density at radius 2 is 1.97 bits per heavy atom. The summed E-state index contributed by atoms with van der Waals surface area (Å²) in [5.74, 6) is 0.674. The second kappa shape index (κ2) is 11.7. The lowest BCUT2D eigenvalue weighted by atomic mass is 10.1. The van der Waals surface area contributed by atoms with Crippen molar-refractivity contribution >= 4 is 56.0 Å². The molecule has 1 aliphatic rings. The number of rotatable bonds is 9. The van der Waals surface area contributed by atoms with Crippen LogP contribution in [0.5, 0.6) is 5.75 Å². The van der Waals surface area contributed by atoms with Crippen LogP contribution in [0, 0.1) is 0 Å². The zero-order chi connectivity index (χ0) is 24.1. The van der Waals surface area contributed by atoms with Crippen LogP contribution in [0.15, 0.2) is 41.3 Å². The normalized spacial score (nSPS) is 14.6. The summed E-state index contributed by atoms with van der Waals surface area (Å²) in [6.45, 7) is 8.86. The number of hydrogen-bond acceptors (Lipinski definition) is 7. The summed E-state index contributed by atoms with van der Waals surface area (Å²) in [6.07, 6.45) is 0.316. The van der Waals surface area contributed by atoms with Crippen LogP contribution in [-0.4, -0.2) is 67.5 Å². The van der Waals surface area contributed by atoms with Crippen LogP contribution in [0.2, 0.25) is 5.02 Å². The van der Waals surface area contributed by atoms with E-state index in [0.717, 1.165) is 43.1 Å². The van der Waals surface area contributed by atoms with Crippen molar-refractivity contribution in [2.45, 2.75) is 30.4 Å². The Morgan fingerprint density at radius 3 is 2.65 bits per heavy atom. The van der Waals surface area contributed by atoms with Crippen molar-refractivity contribution in [1.82, 2.24) is 9.88 Å². The van der Waals surface area contributed by atoms with Crippen molar-refractivity contribution in [3.63, 3.8) is 0 Å². The van der Waals surface area contributed by atoms with Gasteiger partial charge in [0.2, 0.25) is 5.91 Å². The van der Waals surface area contributed by atoms with Crippen LogP contribution in [-0.2, 0) is 16.0 Å². The van der Waals surface area contributed by atoms with E-state index >= 15 is 0 Å². The van der Waals surface area contributed by atoms with Gasteiger partial charge in [0, 0.05) is 36.3 Å². The lowest BCUT2D eigenvalue weighted by Gasteiger charge is -2.29. The highest BCUT2D eigenvalue weighted by Gasteiger charge is 2.23. The largest absolute Gasteiger partial charge is 0.494 e. The molecule has 1 amide bonds. The molecule has 34 heavy (non-hydrogen) atoms. The summed E-state index contributed by atoms with van der Waals surface area (Å²) in [4.78, 5) is 23.7. The van der Waals surface area contributed by atoms with Crippen molar-refractivity contribution in [3.8, 4) is 5.75 Å². The summed E-state index contributed by atoms with van der Waals surface area (Å²) in [6, 6.07) is 11.9. The number of morpholine rings is 1. The number of anilines is 1. The first-order chi connectivity index (χ1) is 16.4. The van der Waals surface area contributed by atoms with Crippen LogP contribution in [0.25, 0.3) is 10.2 Å². The van der Waals surface area contributed by atoms with Gasteiger partial charge in [-0.15, -0.1) is 11.8 Å². The number of halogens is 1. The number of benzene rings is 2. The highest BCUT2D eigenvalue weighted by atomic mass is 35.5. The summed E-state index contributed by atoms with van der Waals surface area (Å²) in [7, 11) is 1.62. The fourth-order valence-corrected chi connectivity index (χ4v) is 5.98. The molecule has 0 N–H and O–H groups in total. The number of thioether (sulfide) groups is 1. The third-order valence-electron chi connectivity index (χ3n) is 5.59. The summed E-state index contributed by atoms with van der Waals surface area (Å²) < 4.78 is 11.8. The monoisotopic (exact) mass is 519 g/mol. The first kappa shape index (κ1) is 25.3. The second-order valence-electron chi connectivity index (χ2n) is 8.41. The fourth-order valence-electron chi connectivity index (χ4n) is 3.84. The molecule has 3 aromatic rings. The van der Waals surface area contributed by atoms with Gasteiger partial charge in [-0.3, -0.25) is 14.6 Å². The van der Waals surface area contributed by atoms with E-state index in [4.69, 9.17) is 26.1 Å². The van der Waals surface area contributed by atoms with Crippen LogP contribution in [0.4, 0.5) is 5.13 Å². The van der Waals surface area contributed by atoms with Crippen molar-refractivity contribution in [2.24, 2.45) is 0 Å². The fraction of sp³-hybridized carbons (Fsp3) is 0.440. The molecule has 0 bridgehead atoms. The van der Waals surface area contributed by atoms with E-state index in [1.807, 2.05) is 30.0 Å². The first-order valence-electron chi connectivity index (χ1n) is 11.4. The molecule has 0 unspecified atom stereocenters. The van der Waals surface area contributed by atoms with E-state index in [-0.39, 0.29) is 5.91 Å². The third kappa shape index (κ3) is 6.23. The Labute approximate surface area is 214 Å². The zero-order valence-corrected chi connectivity index (χ0v) is 22.1. The maximum Gasteiger partial charge on any atom is 0.233 e. The zero-order valence-electron chi connectivity index (χ0n) is 19.8. The highest BCUT2D eigenvalue weighted by molar-refractivity contribution is 7.99. The minimum absolute atomic E-state index is 0.0201. The number of carbonyl (C=O) groups excluding carboxylic acids is 1. The Balaban J connectivity index is 1.57. The highest BCUT2D eigenvalue weighted by Crippen LogP contribution is 2.39. The molecule has 1 aliphatic heterocycles. The van der Waals surface area contributed by atoms with Crippen LogP contribution in [0.1, 0.15) is 19.4 Å². The maximum absolute atomic E-state index is 13.5. The number of thiazole rings is 1. The number of aromatic nitrogens is 1. The van der Waals surface area contributed by atoms with E-state index in [9.17, 15) is 4.79 Å². The molecular weight excluding hydrogens is 490 g/mol. The first-order valence-corrected chi connectivity index (χ1v) is 13.5. The number of methoxy groups -OCH3 is 1. The van der Waals surface area contributed by atoms with Gasteiger partial charge in [0.1, 0.15) is 11.3 Å². The molecule has 0 atom stereocenters. The van der Waals surface area contributed by atoms with Gasteiger partial charge in [-0.1, -0.05) is 48.9 Å².